The van der Waals surface area contributed by atoms with Crippen LogP contribution in [-0.4, -0.2) is 38.8 Å². The molecule has 6 heteroatoms. The standard InChI is InChI=1S/C18H18N4OS/c1-12-21-16(11-24-12)13-2-4-14(5-3-13)18(23)22-9-6-15(10-22)17-19-7-8-20-17/h2-5,7-8,11,15H,6,9-10H2,1H3,(H,19,20)/t15-/m0/s1. The van der Waals surface area contributed by atoms with Crippen LogP contribution in [0.1, 0.15) is 33.5 Å². The molecule has 24 heavy (non-hydrogen) atoms. The Kier molecular flexibility index (Phi) is 3.90. The second kappa shape index (κ2) is 6.20. The molecule has 0 spiro atoms. The van der Waals surface area contributed by atoms with Crippen molar-refractivity contribution < 1.29 is 4.79 Å². The molecule has 2 aromatic heterocycles. The highest BCUT2D eigenvalue weighted by atomic mass is 32.1. The Labute approximate surface area is 144 Å². The number of likely N-dealkylation sites (tertiary alicyclic amines) is 1. The lowest BCUT2D eigenvalue weighted by molar-refractivity contribution is 0.0790. The van der Waals surface area contributed by atoms with E-state index in [2.05, 4.69) is 15.0 Å². The van der Waals surface area contributed by atoms with E-state index in [0.29, 0.717) is 5.92 Å². The van der Waals surface area contributed by atoms with E-state index in [9.17, 15) is 4.79 Å². The van der Waals surface area contributed by atoms with Crippen molar-refractivity contribution in [1.82, 2.24) is 19.9 Å². The second-order valence-electron chi connectivity index (χ2n) is 6.04. The van der Waals surface area contributed by atoms with E-state index >= 15 is 0 Å². The first kappa shape index (κ1) is 15.1. The molecule has 1 amide bonds. The Bertz CT molecular complexity index is 838. The number of benzene rings is 1. The zero-order valence-corrected chi connectivity index (χ0v) is 14.2. The molecule has 1 N–H and O–H groups in total. The Morgan fingerprint density at radius 1 is 1.33 bits per heavy atom. The van der Waals surface area contributed by atoms with Gasteiger partial charge < -0.3 is 9.88 Å². The van der Waals surface area contributed by atoms with Gasteiger partial charge in [-0.05, 0) is 25.5 Å². The third kappa shape index (κ3) is 2.85. The molecule has 1 aliphatic rings. The van der Waals surface area contributed by atoms with Crippen LogP contribution in [0.25, 0.3) is 11.3 Å². The molecule has 0 aliphatic carbocycles. The molecule has 1 aromatic carbocycles. The highest BCUT2D eigenvalue weighted by Crippen LogP contribution is 2.27. The molecule has 0 radical (unpaired) electrons. The van der Waals surface area contributed by atoms with Crippen LogP contribution in [0.3, 0.4) is 0 Å². The number of H-pyrrole nitrogens is 1. The SMILES string of the molecule is Cc1nc(-c2ccc(C(=O)N3CC[C@H](c4ncc[nH]4)C3)cc2)cs1. The zero-order chi connectivity index (χ0) is 16.5. The zero-order valence-electron chi connectivity index (χ0n) is 13.4. The number of rotatable bonds is 3. The van der Waals surface area contributed by atoms with Gasteiger partial charge in [-0.3, -0.25) is 4.79 Å². The van der Waals surface area contributed by atoms with Crippen molar-refractivity contribution in [2.45, 2.75) is 19.3 Å². The lowest BCUT2D eigenvalue weighted by Gasteiger charge is -2.16. The number of hydrogen-bond donors (Lipinski definition) is 1. The summed E-state index contributed by atoms with van der Waals surface area (Å²) >= 11 is 1.63. The van der Waals surface area contributed by atoms with Gasteiger partial charge in [-0.25, -0.2) is 9.97 Å². The third-order valence-electron chi connectivity index (χ3n) is 4.43. The normalized spacial score (nSPS) is 17.4. The van der Waals surface area contributed by atoms with Gasteiger partial charge in [0.2, 0.25) is 0 Å². The topological polar surface area (TPSA) is 61.9 Å². The molecule has 122 valence electrons. The molecule has 0 bridgehead atoms. The first-order chi connectivity index (χ1) is 11.7. The van der Waals surface area contributed by atoms with Gasteiger partial charge in [0, 0.05) is 47.9 Å². The van der Waals surface area contributed by atoms with Gasteiger partial charge in [-0.15, -0.1) is 11.3 Å². The first-order valence-electron chi connectivity index (χ1n) is 8.02. The number of thiazole rings is 1. The van der Waals surface area contributed by atoms with Crippen molar-refractivity contribution in [1.29, 1.82) is 0 Å². The van der Waals surface area contributed by atoms with E-state index in [1.807, 2.05) is 47.7 Å². The van der Waals surface area contributed by atoms with E-state index in [1.54, 1.807) is 17.5 Å². The van der Waals surface area contributed by atoms with E-state index in [0.717, 1.165) is 47.2 Å². The summed E-state index contributed by atoms with van der Waals surface area (Å²) in [5, 5.41) is 3.09. The van der Waals surface area contributed by atoms with Crippen LogP contribution >= 0.6 is 11.3 Å². The Balaban J connectivity index is 1.47. The van der Waals surface area contributed by atoms with Crippen LogP contribution in [0.15, 0.2) is 42.0 Å². The molecule has 4 rings (SSSR count). The minimum atomic E-state index is 0.0880. The summed E-state index contributed by atoms with van der Waals surface area (Å²) in [6, 6.07) is 7.74. The molecule has 1 fully saturated rings. The molecule has 0 unspecified atom stereocenters. The van der Waals surface area contributed by atoms with Gasteiger partial charge >= 0.3 is 0 Å². The smallest absolute Gasteiger partial charge is 0.253 e. The molecule has 3 aromatic rings. The van der Waals surface area contributed by atoms with E-state index in [-0.39, 0.29) is 5.91 Å². The number of aromatic nitrogens is 3. The van der Waals surface area contributed by atoms with Crippen LogP contribution in [0.5, 0.6) is 0 Å². The largest absolute Gasteiger partial charge is 0.348 e. The highest BCUT2D eigenvalue weighted by molar-refractivity contribution is 7.09. The summed E-state index contributed by atoms with van der Waals surface area (Å²) in [7, 11) is 0. The molecular formula is C18H18N4OS. The van der Waals surface area contributed by atoms with Crippen molar-refractivity contribution in [3.05, 3.63) is 58.4 Å². The minimum absolute atomic E-state index is 0.0880. The minimum Gasteiger partial charge on any atom is -0.348 e. The number of hydrogen-bond acceptors (Lipinski definition) is 4. The monoisotopic (exact) mass is 338 g/mol. The summed E-state index contributed by atoms with van der Waals surface area (Å²) in [6.07, 6.45) is 4.55. The molecule has 1 saturated heterocycles. The fourth-order valence-electron chi connectivity index (χ4n) is 3.13. The molecule has 5 nitrogen and oxygen atoms in total. The van der Waals surface area contributed by atoms with Crippen molar-refractivity contribution >= 4 is 17.2 Å². The fraction of sp³-hybridized carbons (Fsp3) is 0.278. The number of nitrogens with zero attached hydrogens (tertiary/aromatic N) is 3. The van der Waals surface area contributed by atoms with Gasteiger partial charge in [-0.2, -0.15) is 0 Å². The summed E-state index contributed by atoms with van der Waals surface area (Å²) in [6.45, 7) is 3.49. The van der Waals surface area contributed by atoms with Gasteiger partial charge in [0.25, 0.3) is 5.91 Å². The van der Waals surface area contributed by atoms with Crippen LogP contribution in [0.2, 0.25) is 0 Å². The van der Waals surface area contributed by atoms with Gasteiger partial charge in [0.15, 0.2) is 0 Å². The fourth-order valence-corrected chi connectivity index (χ4v) is 3.75. The molecule has 1 atom stereocenters. The Morgan fingerprint density at radius 2 is 2.17 bits per heavy atom. The first-order valence-corrected chi connectivity index (χ1v) is 8.90. The highest BCUT2D eigenvalue weighted by Gasteiger charge is 2.29. The van der Waals surface area contributed by atoms with Gasteiger partial charge in [0.05, 0.1) is 10.7 Å². The number of carbonyl (C=O) groups is 1. The van der Waals surface area contributed by atoms with Crippen molar-refractivity contribution in [2.24, 2.45) is 0 Å². The number of nitrogens with one attached hydrogen (secondary N) is 1. The maximum Gasteiger partial charge on any atom is 0.253 e. The second-order valence-corrected chi connectivity index (χ2v) is 7.10. The quantitative estimate of drug-likeness (QED) is 0.795. The maximum absolute atomic E-state index is 12.7. The molecule has 3 heterocycles. The number of aryl methyl sites for hydroxylation is 1. The van der Waals surface area contributed by atoms with Crippen molar-refractivity contribution in [3.8, 4) is 11.3 Å². The lowest BCUT2D eigenvalue weighted by Crippen LogP contribution is -2.28. The maximum atomic E-state index is 12.7. The van der Waals surface area contributed by atoms with Crippen molar-refractivity contribution in [2.75, 3.05) is 13.1 Å². The van der Waals surface area contributed by atoms with Gasteiger partial charge in [-0.1, -0.05) is 12.1 Å². The average Bonchev–Trinajstić information content (AvgIpc) is 3.35. The summed E-state index contributed by atoms with van der Waals surface area (Å²) < 4.78 is 0. The van der Waals surface area contributed by atoms with Crippen LogP contribution in [0.4, 0.5) is 0 Å². The van der Waals surface area contributed by atoms with Crippen LogP contribution in [0, 0.1) is 6.92 Å². The van der Waals surface area contributed by atoms with E-state index in [1.165, 1.54) is 0 Å². The summed E-state index contributed by atoms with van der Waals surface area (Å²) in [5.41, 5.74) is 2.74. The number of aromatic amines is 1. The number of amides is 1. The molecule has 0 saturated carbocycles. The Hall–Kier alpha value is -2.47. The van der Waals surface area contributed by atoms with Gasteiger partial charge in [0.1, 0.15) is 5.82 Å². The van der Waals surface area contributed by atoms with E-state index < -0.39 is 0 Å². The summed E-state index contributed by atoms with van der Waals surface area (Å²) in [5.74, 6) is 1.37. The predicted molar refractivity (Wildman–Crippen MR) is 94.1 cm³/mol. The van der Waals surface area contributed by atoms with Crippen LogP contribution < -0.4 is 0 Å². The number of imidazole rings is 1. The number of carbonyl (C=O) groups excluding carboxylic acids is 1. The summed E-state index contributed by atoms with van der Waals surface area (Å²) in [4.78, 5) is 26.6. The molecule has 1 aliphatic heterocycles. The average molecular weight is 338 g/mol. The molecular weight excluding hydrogens is 320 g/mol. The third-order valence-corrected chi connectivity index (χ3v) is 5.20. The van der Waals surface area contributed by atoms with Crippen molar-refractivity contribution in [3.63, 3.8) is 0 Å². The Morgan fingerprint density at radius 3 is 2.83 bits per heavy atom. The van der Waals surface area contributed by atoms with E-state index in [4.69, 9.17) is 0 Å². The predicted octanol–water partition coefficient (Wildman–Crippen LogP) is 3.47. The van der Waals surface area contributed by atoms with Crippen LogP contribution in [-0.2, 0) is 0 Å². The lowest BCUT2D eigenvalue weighted by atomic mass is 10.1.